The van der Waals surface area contributed by atoms with Crippen LogP contribution in [0, 0.1) is 5.82 Å². The van der Waals surface area contributed by atoms with Gasteiger partial charge in [0, 0.05) is 4.47 Å². The van der Waals surface area contributed by atoms with Crippen molar-refractivity contribution in [1.82, 2.24) is 5.48 Å². The number of carbonyl (C=O) groups excluding carboxylic acids is 1. The standard InChI is InChI=1S/C21H18BrFN2O4S/c22-17-5-11-20(12-6-17)30(28,29)25(14-16-1-7-18(23)8-2-16)19-9-3-15(4-10-19)13-21(26)24-27/h1-12,27H,13-14H2,(H,24,26). The monoisotopic (exact) mass is 492 g/mol. The highest BCUT2D eigenvalue weighted by Crippen LogP contribution is 2.27. The Hall–Kier alpha value is -2.75. The Morgan fingerprint density at radius 2 is 1.50 bits per heavy atom. The molecule has 0 aliphatic heterocycles. The highest BCUT2D eigenvalue weighted by molar-refractivity contribution is 9.10. The highest BCUT2D eigenvalue weighted by Gasteiger charge is 2.25. The molecule has 0 fully saturated rings. The summed E-state index contributed by atoms with van der Waals surface area (Å²) in [5, 5.41) is 8.66. The number of anilines is 1. The summed E-state index contributed by atoms with van der Waals surface area (Å²) in [7, 11) is -3.92. The maximum Gasteiger partial charge on any atom is 0.264 e. The maximum absolute atomic E-state index is 13.4. The average molecular weight is 493 g/mol. The van der Waals surface area contributed by atoms with Gasteiger partial charge in [0.25, 0.3) is 10.0 Å². The van der Waals surface area contributed by atoms with Crippen LogP contribution in [0.3, 0.4) is 0 Å². The summed E-state index contributed by atoms with van der Waals surface area (Å²) < 4.78 is 42.0. The minimum absolute atomic E-state index is 0.00481. The molecule has 0 radical (unpaired) electrons. The summed E-state index contributed by atoms with van der Waals surface area (Å²) in [6.45, 7) is -0.00481. The third-order valence-electron chi connectivity index (χ3n) is 4.35. The fourth-order valence-corrected chi connectivity index (χ4v) is 4.53. The molecule has 6 nitrogen and oxygen atoms in total. The first kappa shape index (κ1) is 21.9. The predicted octanol–water partition coefficient (Wildman–Crippen LogP) is 4.03. The van der Waals surface area contributed by atoms with E-state index in [1.165, 1.54) is 40.7 Å². The maximum atomic E-state index is 13.4. The average Bonchev–Trinajstić information content (AvgIpc) is 2.74. The molecule has 0 aliphatic rings. The lowest BCUT2D eigenvalue weighted by molar-refractivity contribution is -0.128. The molecule has 0 aromatic heterocycles. The molecule has 0 atom stereocenters. The number of sulfonamides is 1. The zero-order valence-electron chi connectivity index (χ0n) is 15.6. The Morgan fingerprint density at radius 1 is 0.933 bits per heavy atom. The molecule has 30 heavy (non-hydrogen) atoms. The van der Waals surface area contributed by atoms with E-state index < -0.39 is 21.7 Å². The van der Waals surface area contributed by atoms with Gasteiger partial charge in [0.1, 0.15) is 5.82 Å². The Labute approximate surface area is 182 Å². The van der Waals surface area contributed by atoms with Gasteiger partial charge in [0.05, 0.1) is 23.5 Å². The highest BCUT2D eigenvalue weighted by atomic mass is 79.9. The molecule has 2 N–H and O–H groups in total. The van der Waals surface area contributed by atoms with Gasteiger partial charge in [-0.2, -0.15) is 0 Å². The van der Waals surface area contributed by atoms with Crippen LogP contribution in [0.4, 0.5) is 10.1 Å². The topological polar surface area (TPSA) is 86.7 Å². The first-order chi connectivity index (χ1) is 14.3. The number of hydrogen-bond acceptors (Lipinski definition) is 4. The molecular weight excluding hydrogens is 475 g/mol. The van der Waals surface area contributed by atoms with Gasteiger partial charge >= 0.3 is 0 Å². The Bertz CT molecular complexity index is 1120. The van der Waals surface area contributed by atoms with Crippen LogP contribution in [0.1, 0.15) is 11.1 Å². The zero-order valence-corrected chi connectivity index (χ0v) is 18.0. The van der Waals surface area contributed by atoms with E-state index in [9.17, 15) is 17.6 Å². The number of rotatable bonds is 7. The van der Waals surface area contributed by atoms with Gasteiger partial charge in [0.15, 0.2) is 0 Å². The number of amides is 1. The molecular formula is C21H18BrFN2O4S. The third-order valence-corrected chi connectivity index (χ3v) is 6.67. The summed E-state index contributed by atoms with van der Waals surface area (Å²) in [6.07, 6.45) is -0.0474. The number of nitrogens with zero attached hydrogens (tertiary/aromatic N) is 1. The quantitative estimate of drug-likeness (QED) is 0.385. The number of halogens is 2. The van der Waals surface area contributed by atoms with Crippen molar-refractivity contribution in [1.29, 1.82) is 0 Å². The molecule has 3 rings (SSSR count). The van der Waals surface area contributed by atoms with Crippen LogP contribution in [-0.4, -0.2) is 19.5 Å². The van der Waals surface area contributed by atoms with Gasteiger partial charge in [-0.1, -0.05) is 40.2 Å². The normalized spacial score (nSPS) is 11.2. The van der Waals surface area contributed by atoms with Crippen LogP contribution in [-0.2, 0) is 27.8 Å². The molecule has 156 valence electrons. The van der Waals surface area contributed by atoms with E-state index in [2.05, 4.69) is 15.9 Å². The van der Waals surface area contributed by atoms with Crippen molar-refractivity contribution in [3.63, 3.8) is 0 Å². The summed E-state index contributed by atoms with van der Waals surface area (Å²) >= 11 is 3.29. The molecule has 3 aromatic rings. The summed E-state index contributed by atoms with van der Waals surface area (Å²) in [6, 6.07) is 18.3. The summed E-state index contributed by atoms with van der Waals surface area (Å²) in [4.78, 5) is 11.4. The number of carbonyl (C=O) groups is 1. The van der Waals surface area contributed by atoms with Crippen molar-refractivity contribution < 1.29 is 22.8 Å². The van der Waals surface area contributed by atoms with Crippen LogP contribution in [0.5, 0.6) is 0 Å². The van der Waals surface area contributed by atoms with Gasteiger partial charge < -0.3 is 0 Å². The van der Waals surface area contributed by atoms with Crippen LogP contribution in [0.2, 0.25) is 0 Å². The van der Waals surface area contributed by atoms with E-state index in [0.717, 1.165) is 4.47 Å². The summed E-state index contributed by atoms with van der Waals surface area (Å²) in [5.41, 5.74) is 3.16. The van der Waals surface area contributed by atoms with E-state index in [1.54, 1.807) is 41.9 Å². The fourth-order valence-electron chi connectivity index (χ4n) is 2.81. The SMILES string of the molecule is O=C(Cc1ccc(N(Cc2ccc(F)cc2)S(=O)(=O)c2ccc(Br)cc2)cc1)NO. The third kappa shape index (κ3) is 5.24. The summed E-state index contributed by atoms with van der Waals surface area (Å²) in [5.74, 6) is -0.985. The van der Waals surface area contributed by atoms with E-state index in [-0.39, 0.29) is 17.9 Å². The van der Waals surface area contributed by atoms with Crippen molar-refractivity contribution >= 4 is 37.5 Å². The number of hydroxylamine groups is 1. The first-order valence-corrected chi connectivity index (χ1v) is 11.1. The van der Waals surface area contributed by atoms with Gasteiger partial charge in [-0.15, -0.1) is 0 Å². The van der Waals surface area contributed by atoms with Gasteiger partial charge in [-0.3, -0.25) is 14.3 Å². The largest absolute Gasteiger partial charge is 0.289 e. The molecule has 0 saturated heterocycles. The predicted molar refractivity (Wildman–Crippen MR) is 114 cm³/mol. The van der Waals surface area contributed by atoms with E-state index >= 15 is 0 Å². The molecule has 0 saturated carbocycles. The Balaban J connectivity index is 1.99. The van der Waals surface area contributed by atoms with Gasteiger partial charge in [-0.05, 0) is 59.7 Å². The number of hydrogen-bond donors (Lipinski definition) is 2. The minimum atomic E-state index is -3.92. The van der Waals surface area contributed by atoms with Crippen molar-refractivity contribution in [3.05, 3.63) is 94.2 Å². The molecule has 0 heterocycles. The molecule has 0 bridgehead atoms. The molecule has 0 unspecified atom stereocenters. The van der Waals surface area contributed by atoms with E-state index in [1.807, 2.05) is 0 Å². The Morgan fingerprint density at radius 3 is 2.07 bits per heavy atom. The van der Waals surface area contributed by atoms with E-state index in [4.69, 9.17) is 5.21 Å². The van der Waals surface area contributed by atoms with Gasteiger partial charge in [-0.25, -0.2) is 18.3 Å². The van der Waals surface area contributed by atoms with Crippen LogP contribution >= 0.6 is 15.9 Å². The second kappa shape index (κ2) is 9.38. The lowest BCUT2D eigenvalue weighted by atomic mass is 10.1. The van der Waals surface area contributed by atoms with Crippen molar-refractivity contribution in [2.45, 2.75) is 17.9 Å². The van der Waals surface area contributed by atoms with Crippen LogP contribution in [0.15, 0.2) is 82.2 Å². The molecule has 9 heteroatoms. The van der Waals surface area contributed by atoms with Crippen molar-refractivity contribution in [2.24, 2.45) is 0 Å². The second-order valence-corrected chi connectivity index (χ2v) is 9.25. The zero-order chi connectivity index (χ0) is 21.7. The smallest absolute Gasteiger partial charge is 0.264 e. The lowest BCUT2D eigenvalue weighted by Crippen LogP contribution is -2.30. The molecule has 0 spiro atoms. The van der Waals surface area contributed by atoms with Crippen molar-refractivity contribution in [2.75, 3.05) is 4.31 Å². The first-order valence-electron chi connectivity index (χ1n) is 8.84. The lowest BCUT2D eigenvalue weighted by Gasteiger charge is -2.25. The number of benzene rings is 3. The Kier molecular flexibility index (Phi) is 6.86. The van der Waals surface area contributed by atoms with Crippen LogP contribution in [0.25, 0.3) is 0 Å². The molecule has 1 amide bonds. The fraction of sp³-hybridized carbons (Fsp3) is 0.0952. The van der Waals surface area contributed by atoms with Gasteiger partial charge in [0.2, 0.25) is 5.91 Å². The van der Waals surface area contributed by atoms with Crippen LogP contribution < -0.4 is 9.79 Å². The minimum Gasteiger partial charge on any atom is -0.289 e. The number of nitrogens with one attached hydrogen (secondary N) is 1. The van der Waals surface area contributed by atoms with Crippen molar-refractivity contribution in [3.8, 4) is 0 Å². The van der Waals surface area contributed by atoms with E-state index in [0.29, 0.717) is 16.8 Å². The molecule has 0 aliphatic carbocycles. The molecule has 3 aromatic carbocycles. The second-order valence-electron chi connectivity index (χ2n) is 6.47.